The molecule has 2 unspecified atom stereocenters. The number of methoxy groups -OCH3 is 1. The largest absolute Gasteiger partial charge is 0.508 e. The SMILES string of the molecule is COc1ccc2c(c1)OC(c1cccc(O)c1)CC2N. The summed E-state index contributed by atoms with van der Waals surface area (Å²) in [6.45, 7) is 0. The first-order valence-corrected chi connectivity index (χ1v) is 6.56. The maximum absolute atomic E-state index is 9.58. The van der Waals surface area contributed by atoms with E-state index in [-0.39, 0.29) is 17.9 Å². The van der Waals surface area contributed by atoms with Gasteiger partial charge in [0.15, 0.2) is 0 Å². The molecule has 0 radical (unpaired) electrons. The number of hydrogen-bond acceptors (Lipinski definition) is 4. The van der Waals surface area contributed by atoms with Crippen LogP contribution in [0.5, 0.6) is 17.2 Å². The number of phenols is 1. The highest BCUT2D eigenvalue weighted by molar-refractivity contribution is 5.44. The summed E-state index contributed by atoms with van der Waals surface area (Å²) in [5.41, 5.74) is 8.13. The van der Waals surface area contributed by atoms with Gasteiger partial charge in [-0.3, -0.25) is 0 Å². The molecule has 0 spiro atoms. The second kappa shape index (κ2) is 5.06. The van der Waals surface area contributed by atoms with Crippen molar-refractivity contribution >= 4 is 0 Å². The highest BCUT2D eigenvalue weighted by Gasteiger charge is 2.27. The number of hydrogen-bond donors (Lipinski definition) is 2. The molecule has 3 N–H and O–H groups in total. The third-order valence-electron chi connectivity index (χ3n) is 3.60. The molecular formula is C16H17NO3. The lowest BCUT2D eigenvalue weighted by Gasteiger charge is -2.30. The number of nitrogens with two attached hydrogens (primary N) is 1. The van der Waals surface area contributed by atoms with Crippen molar-refractivity contribution in [1.82, 2.24) is 0 Å². The Labute approximate surface area is 117 Å². The van der Waals surface area contributed by atoms with Gasteiger partial charge < -0.3 is 20.3 Å². The minimum Gasteiger partial charge on any atom is -0.508 e. The average Bonchev–Trinajstić information content (AvgIpc) is 2.46. The summed E-state index contributed by atoms with van der Waals surface area (Å²) in [7, 11) is 1.62. The summed E-state index contributed by atoms with van der Waals surface area (Å²) < 4.78 is 11.2. The van der Waals surface area contributed by atoms with E-state index in [9.17, 15) is 5.11 Å². The van der Waals surface area contributed by atoms with E-state index >= 15 is 0 Å². The molecule has 3 rings (SSSR count). The van der Waals surface area contributed by atoms with Crippen LogP contribution < -0.4 is 15.2 Å². The van der Waals surface area contributed by atoms with E-state index in [0.717, 1.165) is 22.6 Å². The Hall–Kier alpha value is -2.20. The smallest absolute Gasteiger partial charge is 0.128 e. The number of benzene rings is 2. The van der Waals surface area contributed by atoms with E-state index in [1.165, 1.54) is 0 Å². The van der Waals surface area contributed by atoms with Crippen molar-refractivity contribution in [2.24, 2.45) is 5.73 Å². The lowest BCUT2D eigenvalue weighted by atomic mass is 9.93. The number of ether oxygens (including phenoxy) is 2. The molecule has 4 heteroatoms. The summed E-state index contributed by atoms with van der Waals surface area (Å²) in [6, 6.07) is 12.7. The average molecular weight is 271 g/mol. The summed E-state index contributed by atoms with van der Waals surface area (Å²) in [4.78, 5) is 0. The zero-order valence-electron chi connectivity index (χ0n) is 11.2. The fourth-order valence-electron chi connectivity index (χ4n) is 2.54. The molecule has 1 aliphatic heterocycles. The molecule has 0 aromatic heterocycles. The van der Waals surface area contributed by atoms with Crippen molar-refractivity contribution in [3.8, 4) is 17.2 Å². The maximum Gasteiger partial charge on any atom is 0.128 e. The van der Waals surface area contributed by atoms with Crippen LogP contribution in [-0.4, -0.2) is 12.2 Å². The normalized spacial score (nSPS) is 20.9. The number of phenolic OH excluding ortho intramolecular Hbond substituents is 1. The Morgan fingerprint density at radius 2 is 2.10 bits per heavy atom. The number of aromatic hydroxyl groups is 1. The third-order valence-corrected chi connectivity index (χ3v) is 3.60. The van der Waals surface area contributed by atoms with Gasteiger partial charge in [0.05, 0.1) is 7.11 Å². The summed E-state index contributed by atoms with van der Waals surface area (Å²) >= 11 is 0. The molecule has 2 aromatic carbocycles. The zero-order chi connectivity index (χ0) is 14.1. The van der Waals surface area contributed by atoms with Crippen LogP contribution in [0.3, 0.4) is 0 Å². The van der Waals surface area contributed by atoms with Crippen molar-refractivity contribution in [3.63, 3.8) is 0 Å². The van der Waals surface area contributed by atoms with Gasteiger partial charge >= 0.3 is 0 Å². The molecule has 4 nitrogen and oxygen atoms in total. The minimum absolute atomic E-state index is 0.0861. The van der Waals surface area contributed by atoms with Crippen LogP contribution in [0.25, 0.3) is 0 Å². The molecule has 104 valence electrons. The molecule has 0 bridgehead atoms. The van der Waals surface area contributed by atoms with Crippen molar-refractivity contribution in [2.75, 3.05) is 7.11 Å². The van der Waals surface area contributed by atoms with E-state index in [0.29, 0.717) is 6.42 Å². The van der Waals surface area contributed by atoms with Crippen LogP contribution in [0, 0.1) is 0 Å². The molecule has 0 amide bonds. The number of fused-ring (bicyclic) bond motifs is 1. The molecule has 0 saturated carbocycles. The van der Waals surface area contributed by atoms with Crippen LogP contribution in [0.2, 0.25) is 0 Å². The number of rotatable bonds is 2. The zero-order valence-corrected chi connectivity index (χ0v) is 11.2. The molecule has 1 aliphatic rings. The van der Waals surface area contributed by atoms with E-state index in [2.05, 4.69) is 0 Å². The maximum atomic E-state index is 9.58. The third kappa shape index (κ3) is 2.30. The van der Waals surface area contributed by atoms with Crippen LogP contribution in [0.1, 0.15) is 29.7 Å². The van der Waals surface area contributed by atoms with Gasteiger partial charge in [-0.1, -0.05) is 18.2 Å². The lowest BCUT2D eigenvalue weighted by Crippen LogP contribution is -2.24. The quantitative estimate of drug-likeness (QED) is 0.881. The van der Waals surface area contributed by atoms with Gasteiger partial charge in [-0.25, -0.2) is 0 Å². The van der Waals surface area contributed by atoms with Crippen LogP contribution in [0.15, 0.2) is 42.5 Å². The van der Waals surface area contributed by atoms with Gasteiger partial charge in [-0.2, -0.15) is 0 Å². The summed E-state index contributed by atoms with van der Waals surface area (Å²) in [5.74, 6) is 1.72. The van der Waals surface area contributed by atoms with Crippen LogP contribution in [0.4, 0.5) is 0 Å². The van der Waals surface area contributed by atoms with E-state index in [4.69, 9.17) is 15.2 Å². The first-order valence-electron chi connectivity index (χ1n) is 6.56. The second-order valence-electron chi connectivity index (χ2n) is 4.95. The van der Waals surface area contributed by atoms with E-state index in [1.807, 2.05) is 24.3 Å². The summed E-state index contributed by atoms with van der Waals surface area (Å²) in [5, 5.41) is 9.58. The molecule has 1 heterocycles. The predicted molar refractivity (Wildman–Crippen MR) is 76.0 cm³/mol. The van der Waals surface area contributed by atoms with E-state index in [1.54, 1.807) is 25.3 Å². The van der Waals surface area contributed by atoms with Crippen molar-refractivity contribution in [1.29, 1.82) is 0 Å². The second-order valence-corrected chi connectivity index (χ2v) is 4.95. The van der Waals surface area contributed by atoms with Crippen molar-refractivity contribution in [3.05, 3.63) is 53.6 Å². The standard InChI is InChI=1S/C16H17NO3/c1-19-12-5-6-13-14(17)9-15(20-16(13)8-12)10-3-2-4-11(18)7-10/h2-8,14-15,18H,9,17H2,1H3. The fraction of sp³-hybridized carbons (Fsp3) is 0.250. The van der Waals surface area contributed by atoms with Gasteiger partial charge in [0, 0.05) is 24.1 Å². The van der Waals surface area contributed by atoms with Crippen LogP contribution in [-0.2, 0) is 0 Å². The van der Waals surface area contributed by atoms with Gasteiger partial charge in [0.2, 0.25) is 0 Å². The molecule has 2 aromatic rings. The first-order chi connectivity index (χ1) is 9.67. The molecule has 20 heavy (non-hydrogen) atoms. The lowest BCUT2D eigenvalue weighted by molar-refractivity contribution is 0.160. The van der Waals surface area contributed by atoms with Crippen molar-refractivity contribution in [2.45, 2.75) is 18.6 Å². The highest BCUT2D eigenvalue weighted by atomic mass is 16.5. The van der Waals surface area contributed by atoms with Gasteiger partial charge in [0.1, 0.15) is 23.4 Å². The van der Waals surface area contributed by atoms with Gasteiger partial charge in [-0.15, -0.1) is 0 Å². The Balaban J connectivity index is 1.95. The minimum atomic E-state index is -0.156. The Morgan fingerprint density at radius 3 is 2.85 bits per heavy atom. The molecule has 2 atom stereocenters. The van der Waals surface area contributed by atoms with Crippen molar-refractivity contribution < 1.29 is 14.6 Å². The highest BCUT2D eigenvalue weighted by Crippen LogP contribution is 2.41. The van der Waals surface area contributed by atoms with E-state index < -0.39 is 0 Å². The predicted octanol–water partition coefficient (Wildman–Crippen LogP) is 2.92. The van der Waals surface area contributed by atoms with Crippen LogP contribution >= 0.6 is 0 Å². The Bertz CT molecular complexity index is 627. The molecule has 0 fully saturated rings. The molecule has 0 aliphatic carbocycles. The topological polar surface area (TPSA) is 64.7 Å². The molecular weight excluding hydrogens is 254 g/mol. The molecule has 0 saturated heterocycles. The first kappa shape index (κ1) is 12.8. The van der Waals surface area contributed by atoms with Gasteiger partial charge in [-0.05, 0) is 23.8 Å². The fourth-order valence-corrected chi connectivity index (χ4v) is 2.54. The monoisotopic (exact) mass is 271 g/mol. The Morgan fingerprint density at radius 1 is 1.25 bits per heavy atom. The Kier molecular flexibility index (Phi) is 3.24. The van der Waals surface area contributed by atoms with Gasteiger partial charge in [0.25, 0.3) is 0 Å². The summed E-state index contributed by atoms with van der Waals surface area (Å²) in [6.07, 6.45) is 0.527.